The first-order valence-corrected chi connectivity index (χ1v) is 6.18. The summed E-state index contributed by atoms with van der Waals surface area (Å²) in [6, 6.07) is 7.15. The molecule has 2 rings (SSSR count). The number of halogens is 3. The molecule has 0 aromatic heterocycles. The van der Waals surface area contributed by atoms with Gasteiger partial charge in [-0.1, -0.05) is 12.1 Å². The lowest BCUT2D eigenvalue weighted by Gasteiger charge is -2.15. The summed E-state index contributed by atoms with van der Waals surface area (Å²) in [6.07, 6.45) is 0. The fraction of sp³-hybridized carbons (Fsp3) is 0.200. The highest BCUT2D eigenvalue weighted by molar-refractivity contribution is 5.31. The van der Waals surface area contributed by atoms with Crippen molar-refractivity contribution in [2.45, 2.75) is 6.04 Å². The number of hydrogen-bond donors (Lipinski definition) is 1. The molecule has 0 aliphatic rings. The Balaban J connectivity index is 2.06. The number of ether oxygens (including phenoxy) is 2. The molecule has 1 atom stereocenters. The number of methoxy groups -OCH3 is 1. The lowest BCUT2D eigenvalue weighted by Crippen LogP contribution is -2.19. The molecule has 2 aromatic carbocycles. The molecule has 0 heterocycles. The van der Waals surface area contributed by atoms with Gasteiger partial charge in [0.25, 0.3) is 0 Å². The van der Waals surface area contributed by atoms with E-state index in [2.05, 4.69) is 0 Å². The van der Waals surface area contributed by atoms with Crippen LogP contribution >= 0.6 is 0 Å². The van der Waals surface area contributed by atoms with Gasteiger partial charge in [-0.25, -0.2) is 8.78 Å². The van der Waals surface area contributed by atoms with Gasteiger partial charge >= 0.3 is 0 Å². The molecule has 21 heavy (non-hydrogen) atoms. The number of benzene rings is 2. The molecule has 0 saturated heterocycles. The van der Waals surface area contributed by atoms with Crippen molar-refractivity contribution in [2.24, 2.45) is 5.73 Å². The maximum atomic E-state index is 13.6. The van der Waals surface area contributed by atoms with E-state index in [1.54, 1.807) is 6.07 Å². The van der Waals surface area contributed by atoms with Crippen molar-refractivity contribution in [1.82, 2.24) is 0 Å². The molecule has 1 unspecified atom stereocenters. The molecule has 0 saturated carbocycles. The summed E-state index contributed by atoms with van der Waals surface area (Å²) in [5, 5.41) is 0. The van der Waals surface area contributed by atoms with Crippen molar-refractivity contribution < 1.29 is 22.6 Å². The van der Waals surface area contributed by atoms with Crippen LogP contribution in [0.1, 0.15) is 11.6 Å². The van der Waals surface area contributed by atoms with Crippen LogP contribution in [0.15, 0.2) is 36.4 Å². The minimum atomic E-state index is -1.08. The SMILES string of the molecule is COc1ccc(C(N)COc2cccc(F)c2F)cc1F. The minimum absolute atomic E-state index is 0.100. The highest BCUT2D eigenvalue weighted by Gasteiger charge is 2.13. The smallest absolute Gasteiger partial charge is 0.200 e. The third-order valence-corrected chi connectivity index (χ3v) is 2.94. The maximum Gasteiger partial charge on any atom is 0.200 e. The van der Waals surface area contributed by atoms with E-state index in [9.17, 15) is 13.2 Å². The Labute approximate surface area is 120 Å². The molecule has 0 bridgehead atoms. The fourth-order valence-corrected chi connectivity index (χ4v) is 1.78. The average Bonchev–Trinajstić information content (AvgIpc) is 2.48. The van der Waals surface area contributed by atoms with Gasteiger partial charge in [-0.05, 0) is 29.8 Å². The van der Waals surface area contributed by atoms with E-state index in [0.717, 1.165) is 6.07 Å². The van der Waals surface area contributed by atoms with E-state index < -0.39 is 23.5 Å². The van der Waals surface area contributed by atoms with Gasteiger partial charge in [0.2, 0.25) is 5.82 Å². The number of nitrogens with two attached hydrogens (primary N) is 1. The molecule has 2 N–H and O–H groups in total. The molecule has 112 valence electrons. The normalized spacial score (nSPS) is 12.0. The quantitative estimate of drug-likeness (QED) is 0.921. The topological polar surface area (TPSA) is 44.5 Å². The molecule has 0 radical (unpaired) electrons. The number of rotatable bonds is 5. The lowest BCUT2D eigenvalue weighted by atomic mass is 10.1. The van der Waals surface area contributed by atoms with Crippen molar-refractivity contribution >= 4 is 0 Å². The molecule has 0 fully saturated rings. The molecular formula is C15H14F3NO2. The van der Waals surface area contributed by atoms with Crippen molar-refractivity contribution in [3.8, 4) is 11.5 Å². The van der Waals surface area contributed by atoms with Crippen molar-refractivity contribution in [1.29, 1.82) is 0 Å². The molecular weight excluding hydrogens is 283 g/mol. The summed E-state index contributed by atoms with van der Waals surface area (Å²) in [4.78, 5) is 0. The second-order valence-electron chi connectivity index (χ2n) is 4.36. The monoisotopic (exact) mass is 297 g/mol. The molecule has 0 amide bonds. The van der Waals surface area contributed by atoms with Crippen molar-refractivity contribution in [2.75, 3.05) is 13.7 Å². The first-order valence-electron chi connectivity index (χ1n) is 6.18. The fourth-order valence-electron chi connectivity index (χ4n) is 1.78. The Hall–Kier alpha value is -2.21. The third kappa shape index (κ3) is 3.46. The molecule has 6 heteroatoms. The van der Waals surface area contributed by atoms with Crippen LogP contribution < -0.4 is 15.2 Å². The Morgan fingerprint density at radius 2 is 1.81 bits per heavy atom. The van der Waals surface area contributed by atoms with E-state index in [4.69, 9.17) is 15.2 Å². The maximum absolute atomic E-state index is 13.6. The zero-order valence-electron chi connectivity index (χ0n) is 11.3. The van der Waals surface area contributed by atoms with Crippen LogP contribution in [-0.2, 0) is 0 Å². The summed E-state index contributed by atoms with van der Waals surface area (Å²) in [7, 11) is 1.36. The zero-order chi connectivity index (χ0) is 15.4. The first kappa shape index (κ1) is 15.2. The van der Waals surface area contributed by atoms with Crippen LogP contribution in [0, 0.1) is 17.5 Å². The van der Waals surface area contributed by atoms with Crippen molar-refractivity contribution in [3.05, 3.63) is 59.4 Å². The standard InChI is InChI=1S/C15H14F3NO2/c1-20-13-6-5-9(7-11(13)17)12(19)8-21-14-4-2-3-10(16)15(14)18/h2-7,12H,8,19H2,1H3. The second-order valence-corrected chi connectivity index (χ2v) is 4.36. The van der Waals surface area contributed by atoms with Crippen LogP contribution in [0.3, 0.4) is 0 Å². The third-order valence-electron chi connectivity index (χ3n) is 2.94. The van der Waals surface area contributed by atoms with Crippen LogP contribution in [-0.4, -0.2) is 13.7 Å². The minimum Gasteiger partial charge on any atom is -0.494 e. The summed E-state index contributed by atoms with van der Waals surface area (Å²) < 4.78 is 49.9. The average molecular weight is 297 g/mol. The highest BCUT2D eigenvalue weighted by Crippen LogP contribution is 2.23. The highest BCUT2D eigenvalue weighted by atomic mass is 19.2. The van der Waals surface area contributed by atoms with E-state index >= 15 is 0 Å². The van der Waals surface area contributed by atoms with Crippen LogP contribution in [0.25, 0.3) is 0 Å². The first-order chi connectivity index (χ1) is 10.0. The van der Waals surface area contributed by atoms with Gasteiger partial charge in [-0.2, -0.15) is 4.39 Å². The lowest BCUT2D eigenvalue weighted by molar-refractivity contribution is 0.272. The van der Waals surface area contributed by atoms with Crippen LogP contribution in [0.2, 0.25) is 0 Å². The molecule has 2 aromatic rings. The molecule has 0 aliphatic heterocycles. The molecule has 0 spiro atoms. The Bertz CT molecular complexity index is 634. The largest absolute Gasteiger partial charge is 0.494 e. The summed E-state index contributed by atoms with van der Waals surface area (Å²) in [5.41, 5.74) is 6.31. The van der Waals surface area contributed by atoms with Gasteiger partial charge < -0.3 is 15.2 Å². The molecule has 3 nitrogen and oxygen atoms in total. The second kappa shape index (κ2) is 6.49. The summed E-state index contributed by atoms with van der Waals surface area (Å²) in [6.45, 7) is -0.119. The van der Waals surface area contributed by atoms with Crippen LogP contribution in [0.5, 0.6) is 11.5 Å². The van der Waals surface area contributed by atoms with Gasteiger partial charge in [-0.3, -0.25) is 0 Å². The summed E-state index contributed by atoms with van der Waals surface area (Å²) in [5.74, 6) is -2.77. The number of hydrogen-bond acceptors (Lipinski definition) is 3. The van der Waals surface area contributed by atoms with Gasteiger partial charge in [0.1, 0.15) is 6.61 Å². The Morgan fingerprint density at radius 3 is 2.48 bits per heavy atom. The van der Waals surface area contributed by atoms with Crippen molar-refractivity contribution in [3.63, 3.8) is 0 Å². The Morgan fingerprint density at radius 1 is 1.05 bits per heavy atom. The van der Waals surface area contributed by atoms with Gasteiger partial charge in [0.05, 0.1) is 13.2 Å². The van der Waals surface area contributed by atoms with E-state index in [1.165, 1.54) is 31.4 Å². The van der Waals surface area contributed by atoms with E-state index in [1.807, 2.05) is 0 Å². The van der Waals surface area contributed by atoms with Gasteiger partial charge in [-0.15, -0.1) is 0 Å². The zero-order valence-corrected chi connectivity index (χ0v) is 11.3. The van der Waals surface area contributed by atoms with Gasteiger partial charge in [0.15, 0.2) is 23.1 Å². The predicted octanol–water partition coefficient (Wildman–Crippen LogP) is 3.19. The van der Waals surface area contributed by atoms with E-state index in [-0.39, 0.29) is 18.1 Å². The summed E-state index contributed by atoms with van der Waals surface area (Å²) >= 11 is 0. The van der Waals surface area contributed by atoms with E-state index in [0.29, 0.717) is 5.56 Å². The van der Waals surface area contributed by atoms with Crippen LogP contribution in [0.4, 0.5) is 13.2 Å². The van der Waals surface area contributed by atoms with Gasteiger partial charge in [0, 0.05) is 0 Å². The Kier molecular flexibility index (Phi) is 4.70. The molecule has 0 aliphatic carbocycles. The predicted molar refractivity (Wildman–Crippen MR) is 71.7 cm³/mol.